The van der Waals surface area contributed by atoms with Crippen LogP contribution in [0.4, 0.5) is 0 Å². The van der Waals surface area contributed by atoms with Gasteiger partial charge in [-0.3, -0.25) is 0 Å². The molecule has 0 aliphatic carbocycles. The fourth-order valence-electron chi connectivity index (χ4n) is 1.62. The average molecular weight is 211 g/mol. The van der Waals surface area contributed by atoms with Crippen molar-refractivity contribution in [2.45, 2.75) is 58.5 Å². The van der Waals surface area contributed by atoms with Crippen LogP contribution in [0.15, 0.2) is 0 Å². The van der Waals surface area contributed by atoms with E-state index >= 15 is 0 Å². The van der Waals surface area contributed by atoms with Gasteiger partial charge in [-0.1, -0.05) is 6.92 Å². The van der Waals surface area contributed by atoms with Crippen molar-refractivity contribution in [2.75, 3.05) is 13.1 Å². The molecular formula is C12H25N3. The van der Waals surface area contributed by atoms with Crippen LogP contribution in [0.2, 0.25) is 0 Å². The molecule has 0 saturated carbocycles. The van der Waals surface area contributed by atoms with Gasteiger partial charge in [0.05, 0.1) is 6.07 Å². The second-order valence-electron chi connectivity index (χ2n) is 4.76. The van der Waals surface area contributed by atoms with Crippen molar-refractivity contribution in [1.29, 1.82) is 5.26 Å². The van der Waals surface area contributed by atoms with Gasteiger partial charge in [0, 0.05) is 6.04 Å². The van der Waals surface area contributed by atoms with Gasteiger partial charge in [-0.25, -0.2) is 0 Å². The van der Waals surface area contributed by atoms with Gasteiger partial charge in [0.2, 0.25) is 0 Å². The van der Waals surface area contributed by atoms with E-state index in [2.05, 4.69) is 31.7 Å². The number of nitrogens with two attached hydrogens (primary N) is 1. The summed E-state index contributed by atoms with van der Waals surface area (Å²) in [4.78, 5) is 2.44. The lowest BCUT2D eigenvalue weighted by Gasteiger charge is -2.27. The van der Waals surface area contributed by atoms with E-state index < -0.39 is 5.54 Å². The zero-order valence-corrected chi connectivity index (χ0v) is 10.6. The molecule has 0 aromatic heterocycles. The fraction of sp³-hybridized carbons (Fsp3) is 0.917. The van der Waals surface area contributed by atoms with Crippen molar-refractivity contribution in [2.24, 2.45) is 5.73 Å². The first-order valence-electron chi connectivity index (χ1n) is 5.87. The molecule has 0 saturated heterocycles. The van der Waals surface area contributed by atoms with Gasteiger partial charge in [0.1, 0.15) is 5.54 Å². The molecule has 0 spiro atoms. The average Bonchev–Trinajstić information content (AvgIpc) is 2.16. The lowest BCUT2D eigenvalue weighted by atomic mass is 9.99. The molecule has 2 N–H and O–H groups in total. The highest BCUT2D eigenvalue weighted by atomic mass is 15.1. The first-order valence-corrected chi connectivity index (χ1v) is 5.87. The van der Waals surface area contributed by atoms with Gasteiger partial charge in [-0.05, 0) is 53.1 Å². The van der Waals surface area contributed by atoms with Crippen LogP contribution in [0.3, 0.4) is 0 Å². The maximum absolute atomic E-state index is 8.78. The lowest BCUT2D eigenvalue weighted by Crippen LogP contribution is -2.37. The second kappa shape index (κ2) is 6.81. The van der Waals surface area contributed by atoms with E-state index in [9.17, 15) is 0 Å². The van der Waals surface area contributed by atoms with Gasteiger partial charge >= 0.3 is 0 Å². The summed E-state index contributed by atoms with van der Waals surface area (Å²) < 4.78 is 0. The number of nitriles is 1. The Kier molecular flexibility index (Phi) is 6.55. The molecule has 0 aliphatic rings. The zero-order valence-electron chi connectivity index (χ0n) is 10.6. The number of hydrogen-bond acceptors (Lipinski definition) is 3. The molecule has 1 unspecified atom stereocenters. The van der Waals surface area contributed by atoms with Gasteiger partial charge in [-0.15, -0.1) is 0 Å². The monoisotopic (exact) mass is 211 g/mol. The molecule has 0 bridgehead atoms. The molecule has 3 heteroatoms. The third kappa shape index (κ3) is 6.48. The van der Waals surface area contributed by atoms with E-state index in [1.54, 1.807) is 6.92 Å². The Bertz CT molecular complexity index is 203. The Labute approximate surface area is 94.2 Å². The molecule has 0 heterocycles. The Morgan fingerprint density at radius 2 is 2.00 bits per heavy atom. The molecule has 0 amide bonds. The minimum absolute atomic E-state index is 0.580. The Hall–Kier alpha value is -0.590. The maximum Gasteiger partial charge on any atom is 0.101 e. The lowest BCUT2D eigenvalue weighted by molar-refractivity contribution is 0.214. The smallest absolute Gasteiger partial charge is 0.101 e. The van der Waals surface area contributed by atoms with Gasteiger partial charge < -0.3 is 10.6 Å². The Morgan fingerprint density at radius 3 is 2.40 bits per heavy atom. The van der Waals surface area contributed by atoms with Crippen molar-refractivity contribution in [3.8, 4) is 6.07 Å². The van der Waals surface area contributed by atoms with Crippen LogP contribution in [0.25, 0.3) is 0 Å². The summed E-state index contributed by atoms with van der Waals surface area (Å²) in [6.07, 6.45) is 2.95. The molecule has 3 nitrogen and oxygen atoms in total. The van der Waals surface area contributed by atoms with Crippen molar-refractivity contribution in [3.05, 3.63) is 0 Å². The van der Waals surface area contributed by atoms with Crippen molar-refractivity contribution >= 4 is 0 Å². The molecule has 0 aromatic carbocycles. The summed E-state index contributed by atoms with van der Waals surface area (Å²) in [5.41, 5.74) is 5.11. The number of rotatable bonds is 7. The van der Waals surface area contributed by atoms with Crippen molar-refractivity contribution in [3.63, 3.8) is 0 Å². The van der Waals surface area contributed by atoms with E-state index in [-0.39, 0.29) is 0 Å². The first-order chi connectivity index (χ1) is 6.93. The largest absolute Gasteiger partial charge is 0.314 e. The first kappa shape index (κ1) is 14.4. The summed E-state index contributed by atoms with van der Waals surface area (Å²) in [5.74, 6) is 0. The topological polar surface area (TPSA) is 53.0 Å². The molecule has 1 atom stereocenters. The second-order valence-corrected chi connectivity index (χ2v) is 4.76. The molecule has 0 fully saturated rings. The number of nitrogens with zero attached hydrogens (tertiary/aromatic N) is 2. The quantitative estimate of drug-likeness (QED) is 0.702. The van der Waals surface area contributed by atoms with Crippen LogP contribution in [-0.4, -0.2) is 29.6 Å². The maximum atomic E-state index is 8.78. The predicted octanol–water partition coefficient (Wildman–Crippen LogP) is 2.13. The van der Waals surface area contributed by atoms with Crippen LogP contribution in [-0.2, 0) is 0 Å². The van der Waals surface area contributed by atoms with Crippen LogP contribution < -0.4 is 5.73 Å². The van der Waals surface area contributed by atoms with Gasteiger partial charge in [0.15, 0.2) is 0 Å². The van der Waals surface area contributed by atoms with Crippen molar-refractivity contribution < 1.29 is 0 Å². The minimum atomic E-state index is -0.658. The third-order valence-electron chi connectivity index (χ3n) is 2.64. The highest BCUT2D eigenvalue weighted by Crippen LogP contribution is 2.09. The summed E-state index contributed by atoms with van der Waals surface area (Å²) in [6.45, 7) is 10.6. The van der Waals surface area contributed by atoms with Gasteiger partial charge in [-0.2, -0.15) is 5.26 Å². The molecule has 0 aromatic rings. The van der Waals surface area contributed by atoms with Crippen LogP contribution in [0.5, 0.6) is 0 Å². The number of hydrogen-bond donors (Lipinski definition) is 1. The standard InChI is InChI=1S/C12H25N3/c1-5-8-15(11(2)3)9-6-7-12(4,14)10-13/h11H,5-9,14H2,1-4H3. The Balaban J connectivity index is 3.87. The summed E-state index contributed by atoms with van der Waals surface area (Å²) in [6, 6.07) is 2.72. The molecule has 0 radical (unpaired) electrons. The minimum Gasteiger partial charge on any atom is -0.314 e. The highest BCUT2D eigenvalue weighted by Gasteiger charge is 2.17. The summed E-state index contributed by atoms with van der Waals surface area (Å²) in [5, 5.41) is 8.78. The Morgan fingerprint density at radius 1 is 1.40 bits per heavy atom. The van der Waals surface area contributed by atoms with Crippen molar-refractivity contribution in [1.82, 2.24) is 4.90 Å². The third-order valence-corrected chi connectivity index (χ3v) is 2.64. The van der Waals surface area contributed by atoms with Crippen LogP contribution in [0, 0.1) is 11.3 Å². The SMILES string of the molecule is CCCN(CCCC(C)(N)C#N)C(C)C. The zero-order chi connectivity index (χ0) is 11.9. The van der Waals surface area contributed by atoms with E-state index in [0.717, 1.165) is 25.9 Å². The fourth-order valence-corrected chi connectivity index (χ4v) is 1.62. The summed E-state index contributed by atoms with van der Waals surface area (Å²) in [7, 11) is 0. The van der Waals surface area contributed by atoms with E-state index in [0.29, 0.717) is 6.04 Å². The van der Waals surface area contributed by atoms with E-state index in [1.165, 1.54) is 6.42 Å². The molecule has 0 aliphatic heterocycles. The summed E-state index contributed by atoms with van der Waals surface area (Å²) >= 11 is 0. The van der Waals surface area contributed by atoms with E-state index in [4.69, 9.17) is 11.0 Å². The molecule has 88 valence electrons. The predicted molar refractivity (Wildman–Crippen MR) is 64.4 cm³/mol. The normalized spacial score (nSPS) is 15.3. The van der Waals surface area contributed by atoms with Gasteiger partial charge in [0.25, 0.3) is 0 Å². The van der Waals surface area contributed by atoms with Crippen LogP contribution in [0.1, 0.15) is 47.0 Å². The highest BCUT2D eigenvalue weighted by molar-refractivity contribution is 5.00. The molecular weight excluding hydrogens is 186 g/mol. The molecule has 15 heavy (non-hydrogen) atoms. The molecule has 0 rings (SSSR count). The van der Waals surface area contributed by atoms with Crippen LogP contribution >= 0.6 is 0 Å². The van der Waals surface area contributed by atoms with E-state index in [1.807, 2.05) is 0 Å².